The minimum atomic E-state index is -1.05. The van der Waals surface area contributed by atoms with Crippen molar-refractivity contribution in [2.24, 2.45) is 0 Å². The van der Waals surface area contributed by atoms with Gasteiger partial charge in [-0.15, -0.1) is 0 Å². The first-order valence-electron chi connectivity index (χ1n) is 11.0. The van der Waals surface area contributed by atoms with Gasteiger partial charge in [0, 0.05) is 5.56 Å². The summed E-state index contributed by atoms with van der Waals surface area (Å²) in [7, 11) is 3.14. The molecular formula is C27H27N3O4. The Morgan fingerprint density at radius 1 is 1.00 bits per heavy atom. The van der Waals surface area contributed by atoms with Crippen LogP contribution in [0.15, 0.2) is 66.7 Å². The molecule has 2 N–H and O–H groups in total. The number of hydrogen-bond donors (Lipinski definition) is 2. The van der Waals surface area contributed by atoms with Gasteiger partial charge in [-0.25, -0.2) is 9.48 Å². The molecule has 0 saturated heterocycles. The Bertz CT molecular complexity index is 1330. The Kier molecular flexibility index (Phi) is 6.54. The van der Waals surface area contributed by atoms with E-state index in [1.165, 1.54) is 13.2 Å². The second-order valence-corrected chi connectivity index (χ2v) is 7.79. The van der Waals surface area contributed by atoms with E-state index >= 15 is 0 Å². The van der Waals surface area contributed by atoms with E-state index in [1.54, 1.807) is 19.2 Å². The average Bonchev–Trinajstić information content (AvgIpc) is 3.22. The average molecular weight is 458 g/mol. The van der Waals surface area contributed by atoms with Crippen molar-refractivity contribution in [2.75, 3.05) is 19.5 Å². The van der Waals surface area contributed by atoms with E-state index in [9.17, 15) is 9.90 Å². The minimum Gasteiger partial charge on any atom is -0.497 e. The van der Waals surface area contributed by atoms with Crippen LogP contribution in [0.1, 0.15) is 28.5 Å². The van der Waals surface area contributed by atoms with Crippen molar-refractivity contribution in [1.29, 1.82) is 0 Å². The normalized spacial score (nSPS) is 10.7. The fourth-order valence-electron chi connectivity index (χ4n) is 3.93. The number of para-hydroxylation sites is 1. The molecule has 0 bridgehead atoms. The van der Waals surface area contributed by atoms with Gasteiger partial charge in [0.05, 0.1) is 36.9 Å². The molecule has 0 aliphatic carbocycles. The van der Waals surface area contributed by atoms with E-state index in [4.69, 9.17) is 14.6 Å². The zero-order valence-corrected chi connectivity index (χ0v) is 19.6. The number of benzene rings is 3. The maximum atomic E-state index is 12.0. The lowest BCUT2D eigenvalue weighted by Gasteiger charge is -2.16. The second-order valence-electron chi connectivity index (χ2n) is 7.79. The summed E-state index contributed by atoms with van der Waals surface area (Å²) in [6.07, 6.45) is 0.698. The summed E-state index contributed by atoms with van der Waals surface area (Å²) in [4.78, 5) is 12.0. The summed E-state index contributed by atoms with van der Waals surface area (Å²) in [5.41, 5.74) is 5.25. The number of ether oxygens (including phenoxy) is 2. The summed E-state index contributed by atoms with van der Waals surface area (Å²) in [6, 6.07) is 20.7. The van der Waals surface area contributed by atoms with E-state index in [-0.39, 0.29) is 5.56 Å². The molecule has 0 unspecified atom stereocenters. The molecule has 1 aromatic heterocycles. The molecule has 174 valence electrons. The summed E-state index contributed by atoms with van der Waals surface area (Å²) >= 11 is 0. The molecular weight excluding hydrogens is 430 g/mol. The minimum absolute atomic E-state index is 0.107. The van der Waals surface area contributed by atoms with Gasteiger partial charge in [-0.05, 0) is 60.9 Å². The first kappa shape index (κ1) is 22.9. The van der Waals surface area contributed by atoms with E-state index < -0.39 is 5.97 Å². The lowest BCUT2D eigenvalue weighted by Crippen LogP contribution is -2.08. The highest BCUT2D eigenvalue weighted by atomic mass is 16.5. The maximum absolute atomic E-state index is 12.0. The van der Waals surface area contributed by atoms with E-state index in [2.05, 4.69) is 12.2 Å². The Balaban J connectivity index is 1.96. The van der Waals surface area contributed by atoms with Gasteiger partial charge in [-0.3, -0.25) is 0 Å². The number of aromatic nitrogens is 2. The van der Waals surface area contributed by atoms with Gasteiger partial charge in [0.15, 0.2) is 0 Å². The Morgan fingerprint density at radius 3 is 2.29 bits per heavy atom. The van der Waals surface area contributed by atoms with Crippen LogP contribution in [0, 0.1) is 6.92 Å². The predicted molar refractivity (Wildman–Crippen MR) is 133 cm³/mol. The molecule has 0 atom stereocenters. The van der Waals surface area contributed by atoms with Crippen LogP contribution in [0.2, 0.25) is 0 Å². The lowest BCUT2D eigenvalue weighted by atomic mass is 10.0. The van der Waals surface area contributed by atoms with Crippen LogP contribution >= 0.6 is 0 Å². The summed E-state index contributed by atoms with van der Waals surface area (Å²) in [5.74, 6) is 0.861. The third kappa shape index (κ3) is 4.32. The van der Waals surface area contributed by atoms with E-state index in [0.29, 0.717) is 23.7 Å². The first-order chi connectivity index (χ1) is 16.5. The number of nitrogens with one attached hydrogen (secondary N) is 1. The van der Waals surface area contributed by atoms with Gasteiger partial charge in [-0.1, -0.05) is 37.3 Å². The molecule has 0 aliphatic rings. The molecule has 0 saturated carbocycles. The van der Waals surface area contributed by atoms with E-state index in [0.717, 1.165) is 33.8 Å². The molecule has 4 rings (SSSR count). The molecule has 3 aromatic carbocycles. The van der Waals surface area contributed by atoms with Crippen molar-refractivity contribution < 1.29 is 19.4 Å². The first-order valence-corrected chi connectivity index (χ1v) is 11.0. The summed E-state index contributed by atoms with van der Waals surface area (Å²) < 4.78 is 12.4. The van der Waals surface area contributed by atoms with Crippen LogP contribution in [0.25, 0.3) is 16.8 Å². The molecule has 34 heavy (non-hydrogen) atoms. The van der Waals surface area contributed by atoms with Gasteiger partial charge in [0.1, 0.15) is 17.3 Å². The number of carbonyl (C=O) groups is 1. The largest absolute Gasteiger partial charge is 0.497 e. The van der Waals surface area contributed by atoms with Crippen LogP contribution in [0.5, 0.6) is 11.5 Å². The second kappa shape index (κ2) is 9.70. The number of carboxylic acids is 1. The lowest BCUT2D eigenvalue weighted by molar-refractivity contribution is 0.0697. The summed E-state index contributed by atoms with van der Waals surface area (Å²) in [6.45, 7) is 4.08. The van der Waals surface area contributed by atoms with Crippen molar-refractivity contribution in [3.05, 3.63) is 83.6 Å². The molecule has 1 heterocycles. The van der Waals surface area contributed by atoms with Gasteiger partial charge in [-0.2, -0.15) is 5.10 Å². The molecule has 0 radical (unpaired) electrons. The van der Waals surface area contributed by atoms with Crippen LogP contribution in [0.4, 0.5) is 11.5 Å². The molecule has 0 amide bonds. The Hall–Kier alpha value is -4.26. The Morgan fingerprint density at radius 2 is 1.68 bits per heavy atom. The smallest absolute Gasteiger partial charge is 0.337 e. The molecule has 7 heteroatoms. The fourth-order valence-corrected chi connectivity index (χ4v) is 3.93. The number of anilines is 2. The van der Waals surface area contributed by atoms with Crippen molar-refractivity contribution >= 4 is 17.5 Å². The molecule has 0 aliphatic heterocycles. The molecule has 7 nitrogen and oxygen atoms in total. The number of methoxy groups -OCH3 is 2. The van der Waals surface area contributed by atoms with Crippen molar-refractivity contribution in [2.45, 2.75) is 20.3 Å². The van der Waals surface area contributed by atoms with Gasteiger partial charge in [0.25, 0.3) is 0 Å². The fraction of sp³-hybridized carbons (Fsp3) is 0.185. The number of aromatic carboxylic acids is 1. The molecule has 0 spiro atoms. The SMILES string of the molecule is CCc1nn(-c2ccccc2C)c(Nc2ccc(OC)cc2C(=O)O)c1-c1ccc(OC)cc1. The predicted octanol–water partition coefficient (Wildman–Crippen LogP) is 5.87. The highest BCUT2D eigenvalue weighted by Crippen LogP contribution is 2.38. The topological polar surface area (TPSA) is 85.6 Å². The number of rotatable bonds is 8. The monoisotopic (exact) mass is 457 g/mol. The van der Waals surface area contributed by atoms with Crippen molar-refractivity contribution in [3.63, 3.8) is 0 Å². The standard InChI is InChI=1S/C27H27N3O4/c1-5-22-25(18-10-12-19(33-3)13-11-18)26(30(29-22)24-9-7-6-8-17(24)2)28-23-15-14-20(34-4)16-21(23)27(31)32/h6-16,28H,5H2,1-4H3,(H,31,32). The van der Waals surface area contributed by atoms with Crippen molar-refractivity contribution in [1.82, 2.24) is 9.78 Å². The quantitative estimate of drug-likeness (QED) is 0.344. The van der Waals surface area contributed by atoms with Crippen molar-refractivity contribution in [3.8, 4) is 28.3 Å². The highest BCUT2D eigenvalue weighted by molar-refractivity contribution is 5.96. The molecule has 4 aromatic rings. The van der Waals surface area contributed by atoms with Crippen LogP contribution in [0.3, 0.4) is 0 Å². The van der Waals surface area contributed by atoms with Crippen LogP contribution < -0.4 is 14.8 Å². The number of aryl methyl sites for hydroxylation is 2. The van der Waals surface area contributed by atoms with Gasteiger partial charge in [0.2, 0.25) is 0 Å². The maximum Gasteiger partial charge on any atom is 0.337 e. The zero-order valence-electron chi connectivity index (χ0n) is 19.6. The third-order valence-electron chi connectivity index (χ3n) is 5.73. The highest BCUT2D eigenvalue weighted by Gasteiger charge is 2.23. The van der Waals surface area contributed by atoms with Gasteiger partial charge < -0.3 is 19.9 Å². The number of carboxylic acid groups (broad SMARTS) is 1. The van der Waals surface area contributed by atoms with Gasteiger partial charge >= 0.3 is 5.97 Å². The summed E-state index contributed by atoms with van der Waals surface area (Å²) in [5, 5.41) is 18.2. The number of nitrogens with zero attached hydrogens (tertiary/aromatic N) is 2. The third-order valence-corrected chi connectivity index (χ3v) is 5.73. The Labute approximate surface area is 198 Å². The van der Waals surface area contributed by atoms with Crippen LogP contribution in [-0.2, 0) is 6.42 Å². The number of hydrogen-bond acceptors (Lipinski definition) is 5. The zero-order chi connectivity index (χ0) is 24.2. The van der Waals surface area contributed by atoms with E-state index in [1.807, 2.05) is 60.1 Å². The van der Waals surface area contributed by atoms with Crippen LogP contribution in [-0.4, -0.2) is 35.1 Å². The molecule has 0 fully saturated rings.